The molecule has 1 aliphatic rings. The summed E-state index contributed by atoms with van der Waals surface area (Å²) in [6, 6.07) is 0. The molecule has 0 bridgehead atoms. The van der Waals surface area contributed by atoms with Crippen LogP contribution in [0.5, 0.6) is 0 Å². The van der Waals surface area contributed by atoms with E-state index in [4.69, 9.17) is 0 Å². The Morgan fingerprint density at radius 2 is 1.95 bits per heavy atom. The van der Waals surface area contributed by atoms with Gasteiger partial charge in [0.2, 0.25) is 5.95 Å². The molecule has 0 atom stereocenters. The zero-order valence-corrected chi connectivity index (χ0v) is 12.6. The number of nitrogens with zero attached hydrogens (tertiary/aromatic N) is 3. The van der Waals surface area contributed by atoms with Gasteiger partial charge >= 0.3 is 0 Å². The van der Waals surface area contributed by atoms with Crippen LogP contribution >= 0.6 is 0 Å². The second-order valence-corrected chi connectivity index (χ2v) is 5.86. The van der Waals surface area contributed by atoms with Crippen molar-refractivity contribution in [2.75, 3.05) is 25.5 Å². The van der Waals surface area contributed by atoms with Crippen LogP contribution in [0, 0.1) is 0 Å². The number of aliphatic hydroxyl groups is 1. The number of rotatable bonds is 7. The van der Waals surface area contributed by atoms with E-state index < -0.39 is 5.60 Å². The predicted molar refractivity (Wildman–Crippen MR) is 80.6 cm³/mol. The first-order valence-electron chi connectivity index (χ1n) is 7.57. The Hall–Kier alpha value is -1.20. The van der Waals surface area contributed by atoms with E-state index in [0.29, 0.717) is 5.95 Å². The van der Waals surface area contributed by atoms with Crippen LogP contribution in [0.1, 0.15) is 44.6 Å². The van der Waals surface area contributed by atoms with E-state index in [1.165, 1.54) is 12.8 Å². The Bertz CT molecular complexity index is 401. The number of anilines is 1. The summed E-state index contributed by atoms with van der Waals surface area (Å²) in [5.74, 6) is 0.680. The molecule has 0 unspecified atom stereocenters. The molecule has 1 saturated carbocycles. The maximum Gasteiger partial charge on any atom is 0.222 e. The zero-order chi connectivity index (χ0) is 14.4. The minimum atomic E-state index is -0.417. The molecule has 0 aliphatic heterocycles. The SMILES string of the molecule is CCNc1ncc(CN(C)CCC2(O)CCCC2)cn1. The average molecular weight is 278 g/mol. The fourth-order valence-corrected chi connectivity index (χ4v) is 2.76. The van der Waals surface area contributed by atoms with Crippen molar-refractivity contribution in [1.29, 1.82) is 0 Å². The van der Waals surface area contributed by atoms with Crippen molar-refractivity contribution in [2.45, 2.75) is 51.2 Å². The Morgan fingerprint density at radius 1 is 1.30 bits per heavy atom. The summed E-state index contributed by atoms with van der Waals surface area (Å²) in [6.45, 7) is 4.59. The van der Waals surface area contributed by atoms with Crippen LogP contribution < -0.4 is 5.32 Å². The molecule has 1 aromatic rings. The Labute approximate surface area is 121 Å². The topological polar surface area (TPSA) is 61.3 Å². The van der Waals surface area contributed by atoms with Crippen LogP contribution in [-0.4, -0.2) is 45.7 Å². The van der Waals surface area contributed by atoms with Gasteiger partial charge in [0.15, 0.2) is 0 Å². The molecular formula is C15H26N4O. The van der Waals surface area contributed by atoms with Crippen molar-refractivity contribution in [2.24, 2.45) is 0 Å². The first-order valence-corrected chi connectivity index (χ1v) is 7.57. The van der Waals surface area contributed by atoms with Gasteiger partial charge in [-0.15, -0.1) is 0 Å². The third-order valence-electron chi connectivity index (χ3n) is 3.99. The van der Waals surface area contributed by atoms with Gasteiger partial charge < -0.3 is 15.3 Å². The molecule has 5 nitrogen and oxygen atoms in total. The quantitative estimate of drug-likeness (QED) is 0.799. The highest BCUT2D eigenvalue weighted by atomic mass is 16.3. The van der Waals surface area contributed by atoms with Crippen LogP contribution in [0.25, 0.3) is 0 Å². The monoisotopic (exact) mass is 278 g/mol. The van der Waals surface area contributed by atoms with Crippen molar-refractivity contribution in [3.63, 3.8) is 0 Å². The lowest BCUT2D eigenvalue weighted by atomic mass is 9.98. The summed E-state index contributed by atoms with van der Waals surface area (Å²) < 4.78 is 0. The Kier molecular flexibility index (Phi) is 5.31. The van der Waals surface area contributed by atoms with E-state index in [9.17, 15) is 5.11 Å². The molecule has 2 rings (SSSR count). The fraction of sp³-hybridized carbons (Fsp3) is 0.733. The number of hydrogen-bond donors (Lipinski definition) is 2. The van der Waals surface area contributed by atoms with Crippen molar-refractivity contribution in [3.05, 3.63) is 18.0 Å². The summed E-state index contributed by atoms with van der Waals surface area (Å²) in [7, 11) is 2.08. The molecular weight excluding hydrogens is 252 g/mol. The molecule has 112 valence electrons. The molecule has 1 heterocycles. The van der Waals surface area contributed by atoms with Crippen molar-refractivity contribution in [1.82, 2.24) is 14.9 Å². The minimum absolute atomic E-state index is 0.417. The average Bonchev–Trinajstić information content (AvgIpc) is 2.87. The molecule has 0 spiro atoms. The standard InChI is InChI=1S/C15H26N4O/c1-3-16-14-17-10-13(11-18-14)12-19(2)9-8-15(20)6-4-5-7-15/h10-11,20H,3-9,12H2,1-2H3,(H,16,17,18). The van der Waals surface area contributed by atoms with Gasteiger partial charge in [0.05, 0.1) is 5.60 Å². The maximum atomic E-state index is 10.3. The lowest BCUT2D eigenvalue weighted by Crippen LogP contribution is -2.31. The molecule has 0 amide bonds. The first-order chi connectivity index (χ1) is 9.61. The van der Waals surface area contributed by atoms with Gasteiger partial charge in [-0.25, -0.2) is 9.97 Å². The summed E-state index contributed by atoms with van der Waals surface area (Å²) in [6.07, 6.45) is 8.85. The van der Waals surface area contributed by atoms with Gasteiger partial charge in [-0.2, -0.15) is 0 Å². The van der Waals surface area contributed by atoms with Crippen LogP contribution in [0.3, 0.4) is 0 Å². The zero-order valence-electron chi connectivity index (χ0n) is 12.6. The predicted octanol–water partition coefficient (Wildman–Crippen LogP) is 2.04. The second-order valence-electron chi connectivity index (χ2n) is 5.86. The Morgan fingerprint density at radius 3 is 2.55 bits per heavy atom. The number of aromatic nitrogens is 2. The van der Waals surface area contributed by atoms with Gasteiger partial charge in [-0.05, 0) is 33.2 Å². The highest BCUT2D eigenvalue weighted by molar-refractivity contribution is 5.24. The molecule has 2 N–H and O–H groups in total. The highest BCUT2D eigenvalue weighted by Gasteiger charge is 2.30. The molecule has 0 aromatic carbocycles. The van der Waals surface area contributed by atoms with E-state index >= 15 is 0 Å². The first kappa shape index (κ1) is 15.2. The van der Waals surface area contributed by atoms with Crippen LogP contribution in [0.4, 0.5) is 5.95 Å². The third kappa shape index (κ3) is 4.42. The molecule has 5 heteroatoms. The van der Waals surface area contributed by atoms with Crippen molar-refractivity contribution < 1.29 is 5.11 Å². The van der Waals surface area contributed by atoms with E-state index in [2.05, 4.69) is 27.2 Å². The summed E-state index contributed by atoms with van der Waals surface area (Å²) in [4.78, 5) is 10.8. The van der Waals surface area contributed by atoms with Crippen LogP contribution in [-0.2, 0) is 6.54 Å². The smallest absolute Gasteiger partial charge is 0.222 e. The van der Waals surface area contributed by atoms with E-state index in [-0.39, 0.29) is 0 Å². The Balaban J connectivity index is 1.77. The summed E-state index contributed by atoms with van der Waals surface area (Å²) in [5, 5.41) is 13.4. The van der Waals surface area contributed by atoms with E-state index in [1.54, 1.807) is 0 Å². The molecule has 20 heavy (non-hydrogen) atoms. The van der Waals surface area contributed by atoms with Crippen LogP contribution in [0.15, 0.2) is 12.4 Å². The van der Waals surface area contributed by atoms with Gasteiger partial charge in [0, 0.05) is 37.6 Å². The van der Waals surface area contributed by atoms with Gasteiger partial charge in [-0.1, -0.05) is 12.8 Å². The summed E-state index contributed by atoms with van der Waals surface area (Å²) >= 11 is 0. The third-order valence-corrected chi connectivity index (χ3v) is 3.99. The van der Waals surface area contributed by atoms with Gasteiger partial charge in [-0.3, -0.25) is 0 Å². The molecule has 0 radical (unpaired) electrons. The fourth-order valence-electron chi connectivity index (χ4n) is 2.76. The largest absolute Gasteiger partial charge is 0.390 e. The molecule has 1 aromatic heterocycles. The molecule has 1 fully saturated rings. The maximum absolute atomic E-state index is 10.3. The van der Waals surface area contributed by atoms with Gasteiger partial charge in [0.1, 0.15) is 0 Å². The number of hydrogen-bond acceptors (Lipinski definition) is 5. The van der Waals surface area contributed by atoms with Crippen molar-refractivity contribution in [3.8, 4) is 0 Å². The summed E-state index contributed by atoms with van der Waals surface area (Å²) in [5.41, 5.74) is 0.687. The van der Waals surface area contributed by atoms with Crippen molar-refractivity contribution >= 4 is 5.95 Å². The lowest BCUT2D eigenvalue weighted by molar-refractivity contribution is 0.0297. The molecule has 0 saturated heterocycles. The van der Waals surface area contributed by atoms with E-state index in [1.807, 2.05) is 19.3 Å². The molecule has 1 aliphatic carbocycles. The second kappa shape index (κ2) is 6.99. The number of nitrogens with one attached hydrogen (secondary N) is 1. The van der Waals surface area contributed by atoms with Gasteiger partial charge in [0.25, 0.3) is 0 Å². The minimum Gasteiger partial charge on any atom is -0.390 e. The highest BCUT2D eigenvalue weighted by Crippen LogP contribution is 2.32. The van der Waals surface area contributed by atoms with Crippen LogP contribution in [0.2, 0.25) is 0 Å². The lowest BCUT2D eigenvalue weighted by Gasteiger charge is -2.25. The van der Waals surface area contributed by atoms with E-state index in [0.717, 1.165) is 44.5 Å². The normalized spacial score (nSPS) is 17.6.